The van der Waals surface area contributed by atoms with Gasteiger partial charge in [-0.1, -0.05) is 43.7 Å². The molecule has 1 N–H and O–H groups in total. The van der Waals surface area contributed by atoms with E-state index in [1.54, 1.807) is 6.92 Å². The average molecular weight is 331 g/mol. The zero-order valence-corrected chi connectivity index (χ0v) is 13.8. The van der Waals surface area contributed by atoms with E-state index >= 15 is 0 Å². The molecule has 7 heteroatoms. The summed E-state index contributed by atoms with van der Waals surface area (Å²) in [6, 6.07) is 8.33. The first-order valence-electron chi connectivity index (χ1n) is 7.97. The van der Waals surface area contributed by atoms with Gasteiger partial charge in [0, 0.05) is 6.54 Å². The largest absolute Gasteiger partial charge is 0.348 e. The van der Waals surface area contributed by atoms with Crippen LogP contribution in [0.25, 0.3) is 0 Å². The lowest BCUT2D eigenvalue weighted by Crippen LogP contribution is -2.42. The minimum atomic E-state index is -0.946. The molecule has 7 nitrogen and oxygen atoms in total. The van der Waals surface area contributed by atoms with E-state index in [1.807, 2.05) is 37.3 Å². The molecule has 0 radical (unpaired) electrons. The Morgan fingerprint density at radius 3 is 2.33 bits per heavy atom. The van der Waals surface area contributed by atoms with Crippen LogP contribution in [0, 0.1) is 0 Å². The summed E-state index contributed by atoms with van der Waals surface area (Å²) in [6.45, 7) is 3.46. The van der Waals surface area contributed by atoms with Crippen LogP contribution in [0.15, 0.2) is 30.3 Å². The van der Waals surface area contributed by atoms with Crippen LogP contribution >= 0.6 is 0 Å². The lowest BCUT2D eigenvalue weighted by atomic mass is 10.1. The van der Waals surface area contributed by atoms with Gasteiger partial charge in [-0.3, -0.25) is 19.3 Å². The van der Waals surface area contributed by atoms with Crippen molar-refractivity contribution in [2.75, 3.05) is 13.1 Å². The fourth-order valence-corrected chi connectivity index (χ4v) is 2.46. The Morgan fingerprint density at radius 2 is 1.71 bits per heavy atom. The van der Waals surface area contributed by atoms with Crippen molar-refractivity contribution in [1.82, 2.24) is 15.1 Å². The van der Waals surface area contributed by atoms with Gasteiger partial charge in [0.1, 0.15) is 6.54 Å². The molecule has 0 saturated carbocycles. The first kappa shape index (κ1) is 17.7. The van der Waals surface area contributed by atoms with Crippen molar-refractivity contribution in [3.63, 3.8) is 0 Å². The summed E-state index contributed by atoms with van der Waals surface area (Å²) in [5, 5.41) is 2.72. The van der Waals surface area contributed by atoms with Crippen LogP contribution in [0.3, 0.4) is 0 Å². The Kier molecular flexibility index (Phi) is 5.68. The molecule has 0 aliphatic carbocycles. The third-order valence-electron chi connectivity index (χ3n) is 3.85. The van der Waals surface area contributed by atoms with Gasteiger partial charge in [0.25, 0.3) is 0 Å². The van der Waals surface area contributed by atoms with Crippen molar-refractivity contribution in [2.45, 2.75) is 32.7 Å². The third kappa shape index (κ3) is 3.79. The molecule has 2 rings (SSSR count). The topological polar surface area (TPSA) is 86.8 Å². The Morgan fingerprint density at radius 1 is 1.08 bits per heavy atom. The second-order valence-corrected chi connectivity index (χ2v) is 5.68. The summed E-state index contributed by atoms with van der Waals surface area (Å²) < 4.78 is 0. The highest BCUT2D eigenvalue weighted by Gasteiger charge is 2.44. The fourth-order valence-electron chi connectivity index (χ4n) is 2.46. The number of urea groups is 1. The van der Waals surface area contributed by atoms with Crippen molar-refractivity contribution in [1.29, 1.82) is 0 Å². The molecule has 0 unspecified atom stereocenters. The smallest absolute Gasteiger partial charge is 0.334 e. The molecule has 24 heavy (non-hydrogen) atoms. The minimum Gasteiger partial charge on any atom is -0.348 e. The van der Waals surface area contributed by atoms with E-state index in [-0.39, 0.29) is 12.6 Å². The van der Waals surface area contributed by atoms with Gasteiger partial charge in [0.05, 0.1) is 6.04 Å². The molecule has 128 valence electrons. The van der Waals surface area contributed by atoms with E-state index in [1.165, 1.54) is 0 Å². The maximum absolute atomic E-state index is 12.2. The zero-order chi connectivity index (χ0) is 17.7. The molecule has 1 fully saturated rings. The number of nitrogens with zero attached hydrogens (tertiary/aromatic N) is 2. The van der Waals surface area contributed by atoms with Crippen LogP contribution in [0.1, 0.15) is 38.3 Å². The number of nitrogens with one attached hydrogen (secondary N) is 1. The monoisotopic (exact) mass is 331 g/mol. The molecule has 5 amide bonds. The second kappa shape index (κ2) is 7.72. The van der Waals surface area contributed by atoms with E-state index in [2.05, 4.69) is 5.32 Å². The molecular formula is C17H21N3O4. The van der Waals surface area contributed by atoms with Crippen LogP contribution in [-0.4, -0.2) is 46.6 Å². The number of carbonyl (C=O) groups is 4. The van der Waals surface area contributed by atoms with Gasteiger partial charge >= 0.3 is 17.8 Å². The normalized spacial score (nSPS) is 15.8. The Hall–Kier alpha value is -2.70. The van der Waals surface area contributed by atoms with Gasteiger partial charge in [-0.05, 0) is 18.9 Å². The van der Waals surface area contributed by atoms with E-state index in [0.29, 0.717) is 11.3 Å². The number of hydrogen-bond acceptors (Lipinski definition) is 4. The molecule has 1 aliphatic rings. The van der Waals surface area contributed by atoms with E-state index < -0.39 is 30.3 Å². The molecular weight excluding hydrogens is 310 g/mol. The summed E-state index contributed by atoms with van der Waals surface area (Å²) in [4.78, 5) is 49.6. The first-order valence-corrected chi connectivity index (χ1v) is 7.97. The van der Waals surface area contributed by atoms with Crippen LogP contribution in [-0.2, 0) is 14.4 Å². The van der Waals surface area contributed by atoms with Crippen LogP contribution in [0.4, 0.5) is 4.79 Å². The molecule has 0 spiro atoms. The fraction of sp³-hybridized carbons (Fsp3) is 0.412. The van der Waals surface area contributed by atoms with E-state index in [9.17, 15) is 19.2 Å². The van der Waals surface area contributed by atoms with Gasteiger partial charge < -0.3 is 5.32 Å². The van der Waals surface area contributed by atoms with Crippen molar-refractivity contribution in [3.8, 4) is 0 Å². The van der Waals surface area contributed by atoms with Gasteiger partial charge in [0.2, 0.25) is 5.91 Å². The maximum atomic E-state index is 12.2. The van der Waals surface area contributed by atoms with Crippen LogP contribution in [0.5, 0.6) is 0 Å². The molecule has 1 aliphatic heterocycles. The third-order valence-corrected chi connectivity index (χ3v) is 3.85. The predicted octanol–water partition coefficient (Wildman–Crippen LogP) is 1.45. The zero-order valence-electron chi connectivity index (χ0n) is 13.8. The maximum Gasteiger partial charge on any atom is 0.334 e. The highest BCUT2D eigenvalue weighted by molar-refractivity contribution is 6.45. The average Bonchev–Trinajstić information content (AvgIpc) is 2.77. The summed E-state index contributed by atoms with van der Waals surface area (Å²) in [7, 11) is 0. The summed E-state index contributed by atoms with van der Waals surface area (Å²) >= 11 is 0. The number of unbranched alkanes of at least 4 members (excludes halogenated alkanes) is 1. The van der Waals surface area contributed by atoms with Gasteiger partial charge in [0.15, 0.2) is 0 Å². The molecule has 1 heterocycles. The second-order valence-electron chi connectivity index (χ2n) is 5.68. The Balaban J connectivity index is 1.97. The molecule has 1 aromatic rings. The highest BCUT2D eigenvalue weighted by Crippen LogP contribution is 2.14. The van der Waals surface area contributed by atoms with Crippen molar-refractivity contribution >= 4 is 23.8 Å². The van der Waals surface area contributed by atoms with Crippen LogP contribution in [0.2, 0.25) is 0 Å². The van der Waals surface area contributed by atoms with E-state index in [0.717, 1.165) is 16.9 Å². The van der Waals surface area contributed by atoms with Crippen molar-refractivity contribution < 1.29 is 19.2 Å². The molecule has 1 saturated heterocycles. The van der Waals surface area contributed by atoms with E-state index in [4.69, 9.17) is 0 Å². The summed E-state index contributed by atoms with van der Waals surface area (Å²) in [5.41, 5.74) is 0.908. The van der Waals surface area contributed by atoms with Crippen molar-refractivity contribution in [3.05, 3.63) is 35.9 Å². The number of imide groups is 2. The minimum absolute atomic E-state index is 0.193. The van der Waals surface area contributed by atoms with Gasteiger partial charge in [-0.2, -0.15) is 0 Å². The quantitative estimate of drug-likeness (QED) is 0.605. The molecule has 0 aromatic heterocycles. The number of amides is 5. The van der Waals surface area contributed by atoms with Gasteiger partial charge in [-0.25, -0.2) is 9.69 Å². The van der Waals surface area contributed by atoms with Crippen LogP contribution < -0.4 is 5.32 Å². The SMILES string of the molecule is CCCCN1C(=O)C(=O)N(CC(=O)N[C@H](C)c2ccccc2)C1=O. The Labute approximate surface area is 140 Å². The highest BCUT2D eigenvalue weighted by atomic mass is 16.2. The molecule has 1 aromatic carbocycles. The molecule has 0 bridgehead atoms. The van der Waals surface area contributed by atoms with Crippen molar-refractivity contribution in [2.24, 2.45) is 0 Å². The Bertz CT molecular complexity index is 644. The lowest BCUT2D eigenvalue weighted by Gasteiger charge is -2.18. The number of hydrogen-bond donors (Lipinski definition) is 1. The summed E-state index contributed by atoms with van der Waals surface area (Å²) in [5.74, 6) is -2.30. The number of rotatable bonds is 7. The number of benzene rings is 1. The predicted molar refractivity (Wildman–Crippen MR) is 86.7 cm³/mol. The standard InChI is InChI=1S/C17H21N3O4/c1-3-4-10-19-15(22)16(23)20(17(19)24)11-14(21)18-12(2)13-8-6-5-7-9-13/h5-9,12H,3-4,10-11H2,1-2H3,(H,18,21)/t12-/m1/s1. The van der Waals surface area contributed by atoms with Gasteiger partial charge in [-0.15, -0.1) is 0 Å². The summed E-state index contributed by atoms with van der Waals surface area (Å²) in [6.07, 6.45) is 1.41. The number of carbonyl (C=O) groups excluding carboxylic acids is 4. The lowest BCUT2D eigenvalue weighted by molar-refractivity contribution is -0.144. The first-order chi connectivity index (χ1) is 11.5. The molecule has 1 atom stereocenters.